The Labute approximate surface area is 170 Å². The van der Waals surface area contributed by atoms with Crippen molar-refractivity contribution in [3.05, 3.63) is 58.5 Å². The van der Waals surface area contributed by atoms with Crippen LogP contribution in [0.1, 0.15) is 40.6 Å². The molecule has 0 radical (unpaired) electrons. The van der Waals surface area contributed by atoms with Crippen LogP contribution in [0.3, 0.4) is 0 Å². The monoisotopic (exact) mass is 416 g/mol. The normalized spacial score (nSPS) is 11.8. The van der Waals surface area contributed by atoms with Crippen molar-refractivity contribution in [3.8, 4) is 0 Å². The van der Waals surface area contributed by atoms with Crippen LogP contribution in [0, 0.1) is 6.92 Å². The van der Waals surface area contributed by atoms with Gasteiger partial charge in [0.05, 0.1) is 16.8 Å². The Bertz CT molecular complexity index is 1150. The van der Waals surface area contributed by atoms with Crippen molar-refractivity contribution in [2.45, 2.75) is 26.7 Å². The summed E-state index contributed by atoms with van der Waals surface area (Å²) in [5, 5.41) is 3.91. The van der Waals surface area contributed by atoms with Crippen molar-refractivity contribution in [1.82, 2.24) is 0 Å². The lowest BCUT2D eigenvalue weighted by molar-refractivity contribution is 0.103. The number of para-hydroxylation sites is 1. The summed E-state index contributed by atoms with van der Waals surface area (Å²) in [5.41, 5.74) is 3.56. The highest BCUT2D eigenvalue weighted by Gasteiger charge is 2.17. The van der Waals surface area contributed by atoms with Gasteiger partial charge in [-0.25, -0.2) is 8.42 Å². The first-order chi connectivity index (χ1) is 13.1. The first-order valence-corrected chi connectivity index (χ1v) is 11.6. The van der Waals surface area contributed by atoms with Crippen LogP contribution in [0.25, 0.3) is 10.1 Å². The van der Waals surface area contributed by atoms with Gasteiger partial charge in [0.15, 0.2) is 0 Å². The zero-order chi connectivity index (χ0) is 20.6. The van der Waals surface area contributed by atoms with Gasteiger partial charge in [-0.2, -0.15) is 0 Å². The van der Waals surface area contributed by atoms with Gasteiger partial charge in [-0.1, -0.05) is 32.0 Å². The maximum atomic E-state index is 12.9. The van der Waals surface area contributed by atoms with E-state index in [4.69, 9.17) is 0 Å². The van der Waals surface area contributed by atoms with E-state index in [1.54, 1.807) is 12.1 Å². The quantitative estimate of drug-likeness (QED) is 0.638. The predicted octanol–water partition coefficient (Wildman–Crippen LogP) is 4.98. The lowest BCUT2D eigenvalue weighted by atomic mass is 9.98. The zero-order valence-electron chi connectivity index (χ0n) is 16.6. The number of carbonyl (C=O) groups is 1. The molecule has 28 heavy (non-hydrogen) atoms. The largest absolute Gasteiger partial charge is 0.321 e. The number of nitrogens with one attached hydrogen (secondary N) is 1. The molecule has 0 aliphatic carbocycles. The molecule has 7 heteroatoms. The minimum Gasteiger partial charge on any atom is -0.321 e. The molecule has 1 amide bonds. The number of thiophene rings is 1. The van der Waals surface area contributed by atoms with Crippen molar-refractivity contribution >= 4 is 48.7 Å². The van der Waals surface area contributed by atoms with Crippen LogP contribution in [0.4, 0.5) is 11.4 Å². The third kappa shape index (κ3) is 4.05. The average Bonchev–Trinajstić information content (AvgIpc) is 3.05. The van der Waals surface area contributed by atoms with E-state index in [1.807, 2.05) is 37.3 Å². The Hall–Kier alpha value is -2.38. The maximum absolute atomic E-state index is 12.9. The highest BCUT2D eigenvalue weighted by molar-refractivity contribution is 7.92. The van der Waals surface area contributed by atoms with Gasteiger partial charge >= 0.3 is 0 Å². The predicted molar refractivity (Wildman–Crippen MR) is 118 cm³/mol. The summed E-state index contributed by atoms with van der Waals surface area (Å²) in [4.78, 5) is 13.5. The molecule has 1 aromatic heterocycles. The molecule has 0 fully saturated rings. The molecule has 0 aliphatic rings. The highest BCUT2D eigenvalue weighted by Crippen LogP contribution is 2.32. The van der Waals surface area contributed by atoms with Crippen LogP contribution in [0.15, 0.2) is 42.5 Å². The standard InChI is InChI=1S/C21H24N2O3S2/c1-13(2)17-8-6-7-14(3)20(17)22-21(24)19-12-15-11-16(9-10-18(15)27-19)23(4)28(5,25)26/h6-13H,1-5H3,(H,22,24). The van der Waals surface area contributed by atoms with Crippen LogP contribution < -0.4 is 9.62 Å². The molecule has 2 aromatic carbocycles. The molecule has 148 valence electrons. The Kier molecular flexibility index (Phi) is 5.50. The Morgan fingerprint density at radius 1 is 1.14 bits per heavy atom. The number of nitrogens with zero attached hydrogens (tertiary/aromatic N) is 1. The van der Waals surface area contributed by atoms with E-state index >= 15 is 0 Å². The summed E-state index contributed by atoms with van der Waals surface area (Å²) in [6.07, 6.45) is 1.16. The van der Waals surface area contributed by atoms with E-state index in [0.717, 1.165) is 33.2 Å². The van der Waals surface area contributed by atoms with E-state index < -0.39 is 10.0 Å². The fraction of sp³-hybridized carbons (Fsp3) is 0.286. The third-order valence-electron chi connectivity index (χ3n) is 4.75. The molecule has 0 spiro atoms. The first-order valence-electron chi connectivity index (χ1n) is 8.96. The summed E-state index contributed by atoms with van der Waals surface area (Å²) < 4.78 is 25.7. The highest BCUT2D eigenvalue weighted by atomic mass is 32.2. The second-order valence-corrected chi connectivity index (χ2v) is 10.3. The van der Waals surface area contributed by atoms with Gasteiger partial charge in [0.1, 0.15) is 0 Å². The molecule has 3 rings (SSSR count). The number of benzene rings is 2. The van der Waals surface area contributed by atoms with E-state index in [2.05, 4.69) is 19.2 Å². The fourth-order valence-corrected chi connectivity index (χ4v) is 4.48. The fourth-order valence-electron chi connectivity index (χ4n) is 3.05. The number of amides is 1. The van der Waals surface area contributed by atoms with Crippen LogP contribution in [-0.2, 0) is 10.0 Å². The van der Waals surface area contributed by atoms with Crippen LogP contribution in [0.2, 0.25) is 0 Å². The zero-order valence-corrected chi connectivity index (χ0v) is 18.2. The Balaban J connectivity index is 1.94. The third-order valence-corrected chi connectivity index (χ3v) is 7.07. The minimum atomic E-state index is -3.34. The molecule has 0 bridgehead atoms. The van der Waals surface area contributed by atoms with Gasteiger partial charge < -0.3 is 5.32 Å². The maximum Gasteiger partial charge on any atom is 0.265 e. The number of aryl methyl sites for hydroxylation is 1. The van der Waals surface area contributed by atoms with E-state index in [0.29, 0.717) is 16.5 Å². The van der Waals surface area contributed by atoms with Crippen molar-refractivity contribution < 1.29 is 13.2 Å². The first kappa shape index (κ1) is 20.4. The van der Waals surface area contributed by atoms with Crippen molar-refractivity contribution in [1.29, 1.82) is 0 Å². The second kappa shape index (κ2) is 7.56. The van der Waals surface area contributed by atoms with Gasteiger partial charge in [-0.05, 0) is 53.6 Å². The molecule has 3 aromatic rings. The smallest absolute Gasteiger partial charge is 0.265 e. The number of anilines is 2. The number of hydrogen-bond acceptors (Lipinski definition) is 4. The summed E-state index contributed by atoms with van der Waals surface area (Å²) in [6.45, 7) is 6.19. The lowest BCUT2D eigenvalue weighted by Crippen LogP contribution is -2.24. The van der Waals surface area contributed by atoms with Crippen molar-refractivity contribution in [2.24, 2.45) is 0 Å². The molecular weight excluding hydrogens is 392 g/mol. The Morgan fingerprint density at radius 2 is 1.86 bits per heavy atom. The molecular formula is C21H24N2O3S2. The van der Waals surface area contributed by atoms with Gasteiger partial charge in [-0.15, -0.1) is 11.3 Å². The van der Waals surface area contributed by atoms with Gasteiger partial charge in [0, 0.05) is 17.4 Å². The van der Waals surface area contributed by atoms with Crippen LogP contribution in [0.5, 0.6) is 0 Å². The molecule has 0 saturated carbocycles. The van der Waals surface area contributed by atoms with Crippen molar-refractivity contribution in [2.75, 3.05) is 22.9 Å². The lowest BCUT2D eigenvalue weighted by Gasteiger charge is -2.16. The van der Waals surface area contributed by atoms with Gasteiger partial charge in [0.2, 0.25) is 10.0 Å². The number of fused-ring (bicyclic) bond motifs is 1. The molecule has 5 nitrogen and oxygen atoms in total. The topological polar surface area (TPSA) is 66.5 Å². The second-order valence-electron chi connectivity index (χ2n) is 7.21. The molecule has 1 heterocycles. The number of rotatable bonds is 5. The molecule has 1 N–H and O–H groups in total. The summed E-state index contributed by atoms with van der Waals surface area (Å²) >= 11 is 1.39. The van der Waals surface area contributed by atoms with Crippen LogP contribution in [-0.4, -0.2) is 27.6 Å². The number of sulfonamides is 1. The number of hydrogen-bond donors (Lipinski definition) is 1. The molecule has 0 unspecified atom stereocenters. The summed E-state index contributed by atoms with van der Waals surface area (Å²) in [7, 11) is -1.82. The molecule has 0 aliphatic heterocycles. The van der Waals surface area contributed by atoms with E-state index in [9.17, 15) is 13.2 Å². The van der Waals surface area contributed by atoms with Crippen molar-refractivity contribution in [3.63, 3.8) is 0 Å². The minimum absolute atomic E-state index is 0.157. The SMILES string of the molecule is Cc1cccc(C(C)C)c1NC(=O)c1cc2cc(N(C)S(C)(=O)=O)ccc2s1. The van der Waals surface area contributed by atoms with Gasteiger partial charge in [0.25, 0.3) is 5.91 Å². The van der Waals surface area contributed by atoms with E-state index in [-0.39, 0.29) is 5.91 Å². The number of carbonyl (C=O) groups excluding carboxylic acids is 1. The summed E-state index contributed by atoms with van der Waals surface area (Å²) in [6, 6.07) is 13.2. The molecule has 0 atom stereocenters. The van der Waals surface area contributed by atoms with Gasteiger partial charge in [-0.3, -0.25) is 9.10 Å². The van der Waals surface area contributed by atoms with Crippen LogP contribution >= 0.6 is 11.3 Å². The summed E-state index contributed by atoms with van der Waals surface area (Å²) in [5.74, 6) is 0.141. The average molecular weight is 417 g/mol. The molecule has 0 saturated heterocycles. The Morgan fingerprint density at radius 3 is 2.50 bits per heavy atom. The van der Waals surface area contributed by atoms with E-state index in [1.165, 1.54) is 22.7 Å².